The van der Waals surface area contributed by atoms with Crippen molar-refractivity contribution in [3.05, 3.63) is 34.9 Å². The molecule has 0 spiro atoms. The molecule has 0 aromatic heterocycles. The summed E-state index contributed by atoms with van der Waals surface area (Å²) in [5, 5.41) is 0. The van der Waals surface area contributed by atoms with Crippen molar-refractivity contribution in [3.8, 4) is 0 Å². The third-order valence-corrected chi connectivity index (χ3v) is 4.48. The largest absolute Gasteiger partial charge is 0.330 e. The molecule has 1 aliphatic rings. The fourth-order valence-electron chi connectivity index (χ4n) is 3.72. The van der Waals surface area contributed by atoms with Gasteiger partial charge in [0.05, 0.1) is 0 Å². The zero-order valence-corrected chi connectivity index (χ0v) is 12.9. The van der Waals surface area contributed by atoms with Crippen LogP contribution in [-0.4, -0.2) is 25.5 Å². The number of fused-ring (bicyclic) bond motifs is 1. The van der Waals surface area contributed by atoms with Crippen molar-refractivity contribution in [2.24, 2.45) is 11.1 Å². The molecule has 106 valence electrons. The molecule has 2 heteroatoms. The molecule has 1 aliphatic carbocycles. The van der Waals surface area contributed by atoms with Crippen LogP contribution in [0.3, 0.4) is 0 Å². The Morgan fingerprint density at radius 2 is 1.89 bits per heavy atom. The molecule has 2 N–H and O–H groups in total. The highest BCUT2D eigenvalue weighted by Crippen LogP contribution is 2.40. The van der Waals surface area contributed by atoms with Crippen molar-refractivity contribution < 1.29 is 0 Å². The van der Waals surface area contributed by atoms with Crippen LogP contribution in [0.2, 0.25) is 0 Å². The molecule has 1 aromatic rings. The van der Waals surface area contributed by atoms with Crippen LogP contribution in [-0.2, 0) is 12.8 Å². The maximum Gasteiger partial charge on any atom is 0.0393 e. The van der Waals surface area contributed by atoms with Crippen LogP contribution in [0, 0.1) is 5.41 Å². The van der Waals surface area contributed by atoms with Gasteiger partial charge in [0, 0.05) is 6.04 Å². The van der Waals surface area contributed by atoms with Crippen molar-refractivity contribution in [1.29, 1.82) is 0 Å². The molecule has 0 saturated carbocycles. The summed E-state index contributed by atoms with van der Waals surface area (Å²) in [4.78, 5) is 2.34. The second-order valence-electron chi connectivity index (χ2n) is 6.78. The minimum Gasteiger partial charge on any atom is -0.330 e. The average Bonchev–Trinajstić information content (AvgIpc) is 2.75. The summed E-state index contributed by atoms with van der Waals surface area (Å²) in [5.74, 6) is 0. The monoisotopic (exact) mass is 260 g/mol. The first-order chi connectivity index (χ1) is 8.95. The first-order valence-corrected chi connectivity index (χ1v) is 7.44. The summed E-state index contributed by atoms with van der Waals surface area (Å²) in [6.45, 7) is 5.41. The molecule has 2 rings (SSSR count). The third kappa shape index (κ3) is 3.01. The van der Waals surface area contributed by atoms with E-state index in [1.807, 2.05) is 0 Å². The Bertz CT molecular complexity index is 435. The molecule has 1 unspecified atom stereocenters. The predicted octanol–water partition coefficient (Wildman–Crippen LogP) is 3.15. The normalized spacial score (nSPS) is 16.7. The summed E-state index contributed by atoms with van der Waals surface area (Å²) in [6, 6.07) is 7.53. The van der Waals surface area contributed by atoms with E-state index in [-0.39, 0.29) is 5.41 Å². The Kier molecular flexibility index (Phi) is 4.32. The maximum absolute atomic E-state index is 5.80. The van der Waals surface area contributed by atoms with Gasteiger partial charge in [-0.05, 0) is 68.4 Å². The van der Waals surface area contributed by atoms with Crippen molar-refractivity contribution in [2.75, 3.05) is 20.6 Å². The van der Waals surface area contributed by atoms with E-state index in [0.29, 0.717) is 6.04 Å². The number of aryl methyl sites for hydroxylation is 2. The fraction of sp³-hybridized carbons (Fsp3) is 0.647. The zero-order chi connectivity index (χ0) is 14.0. The van der Waals surface area contributed by atoms with E-state index in [2.05, 4.69) is 51.0 Å². The molecule has 2 nitrogen and oxygen atoms in total. The lowest BCUT2D eigenvalue weighted by atomic mass is 9.76. The molecule has 1 aromatic carbocycles. The van der Waals surface area contributed by atoms with E-state index in [1.54, 1.807) is 11.1 Å². The van der Waals surface area contributed by atoms with E-state index in [0.717, 1.165) is 13.0 Å². The average molecular weight is 260 g/mol. The summed E-state index contributed by atoms with van der Waals surface area (Å²) in [7, 11) is 4.35. The highest BCUT2D eigenvalue weighted by molar-refractivity contribution is 5.37. The summed E-state index contributed by atoms with van der Waals surface area (Å²) in [6.07, 6.45) is 4.87. The van der Waals surface area contributed by atoms with E-state index in [1.165, 1.54) is 24.8 Å². The van der Waals surface area contributed by atoms with Gasteiger partial charge in [0.2, 0.25) is 0 Å². The molecular weight excluding hydrogens is 232 g/mol. The molecule has 0 heterocycles. The molecule has 1 atom stereocenters. The Labute approximate surface area is 118 Å². The van der Waals surface area contributed by atoms with Crippen LogP contribution in [0.5, 0.6) is 0 Å². The van der Waals surface area contributed by atoms with Crippen LogP contribution in [0.4, 0.5) is 0 Å². The van der Waals surface area contributed by atoms with Gasteiger partial charge in [0.25, 0.3) is 0 Å². The minimum atomic E-state index is 0.199. The zero-order valence-electron chi connectivity index (χ0n) is 12.9. The van der Waals surface area contributed by atoms with Gasteiger partial charge in [0.1, 0.15) is 0 Å². The van der Waals surface area contributed by atoms with Gasteiger partial charge < -0.3 is 10.6 Å². The number of nitrogens with zero attached hydrogens (tertiary/aromatic N) is 1. The number of nitrogens with two attached hydrogens (primary N) is 1. The Morgan fingerprint density at radius 1 is 1.21 bits per heavy atom. The Morgan fingerprint density at radius 3 is 2.53 bits per heavy atom. The van der Waals surface area contributed by atoms with E-state index in [4.69, 9.17) is 5.73 Å². The Balaban J connectivity index is 2.34. The summed E-state index contributed by atoms with van der Waals surface area (Å²) < 4.78 is 0. The first kappa shape index (κ1) is 14.5. The maximum atomic E-state index is 5.80. The van der Waals surface area contributed by atoms with Gasteiger partial charge in [0.15, 0.2) is 0 Å². The molecule has 0 amide bonds. The third-order valence-electron chi connectivity index (χ3n) is 4.48. The van der Waals surface area contributed by atoms with Crippen LogP contribution in [0.1, 0.15) is 49.4 Å². The quantitative estimate of drug-likeness (QED) is 0.881. The van der Waals surface area contributed by atoms with E-state index >= 15 is 0 Å². The van der Waals surface area contributed by atoms with Crippen LogP contribution >= 0.6 is 0 Å². The van der Waals surface area contributed by atoms with Gasteiger partial charge >= 0.3 is 0 Å². The van der Waals surface area contributed by atoms with Crippen LogP contribution in [0.25, 0.3) is 0 Å². The molecule has 19 heavy (non-hydrogen) atoms. The van der Waals surface area contributed by atoms with Crippen molar-refractivity contribution >= 4 is 0 Å². The molecule has 0 aliphatic heterocycles. The van der Waals surface area contributed by atoms with E-state index in [9.17, 15) is 0 Å². The lowest BCUT2D eigenvalue weighted by Crippen LogP contribution is -2.35. The Hall–Kier alpha value is -0.860. The van der Waals surface area contributed by atoms with Gasteiger partial charge in [-0.25, -0.2) is 0 Å². The second kappa shape index (κ2) is 5.64. The highest BCUT2D eigenvalue weighted by Gasteiger charge is 2.32. The van der Waals surface area contributed by atoms with Crippen molar-refractivity contribution in [3.63, 3.8) is 0 Å². The lowest BCUT2D eigenvalue weighted by molar-refractivity contribution is 0.128. The summed E-state index contributed by atoms with van der Waals surface area (Å²) >= 11 is 0. The minimum absolute atomic E-state index is 0.199. The first-order valence-electron chi connectivity index (χ1n) is 7.44. The predicted molar refractivity (Wildman–Crippen MR) is 82.3 cm³/mol. The highest BCUT2D eigenvalue weighted by atomic mass is 15.1. The van der Waals surface area contributed by atoms with Crippen LogP contribution < -0.4 is 5.73 Å². The molecule has 0 saturated heterocycles. The van der Waals surface area contributed by atoms with Crippen molar-refractivity contribution in [2.45, 2.75) is 45.6 Å². The smallest absolute Gasteiger partial charge is 0.0393 e. The van der Waals surface area contributed by atoms with Gasteiger partial charge in [-0.1, -0.05) is 32.0 Å². The molecule has 0 radical (unpaired) electrons. The number of hydrogen-bond donors (Lipinski definition) is 1. The number of rotatable bonds is 5. The fourth-order valence-corrected chi connectivity index (χ4v) is 3.72. The molecule has 0 bridgehead atoms. The molecule has 0 fully saturated rings. The second-order valence-corrected chi connectivity index (χ2v) is 6.78. The van der Waals surface area contributed by atoms with Gasteiger partial charge in [-0.15, -0.1) is 0 Å². The number of hydrogen-bond acceptors (Lipinski definition) is 2. The van der Waals surface area contributed by atoms with Crippen LogP contribution in [0.15, 0.2) is 18.2 Å². The number of benzene rings is 1. The van der Waals surface area contributed by atoms with Gasteiger partial charge in [-0.3, -0.25) is 0 Å². The SMILES string of the molecule is CN(C)C(c1ccc2c(c1)CCC2)C(C)(C)CCN. The lowest BCUT2D eigenvalue weighted by Gasteiger charge is -2.39. The van der Waals surface area contributed by atoms with E-state index < -0.39 is 0 Å². The van der Waals surface area contributed by atoms with Gasteiger partial charge in [-0.2, -0.15) is 0 Å². The summed E-state index contributed by atoms with van der Waals surface area (Å²) in [5.41, 5.74) is 10.6. The standard InChI is InChI=1S/C17H28N2/c1-17(2,10-11-18)16(19(3)4)15-9-8-13-6-5-7-14(13)12-15/h8-9,12,16H,5-7,10-11,18H2,1-4H3. The molecular formula is C17H28N2. The topological polar surface area (TPSA) is 29.3 Å². The van der Waals surface area contributed by atoms with Crippen molar-refractivity contribution in [1.82, 2.24) is 4.90 Å².